The molecule has 1 heterocycles. The number of rotatable bonds is 6. The summed E-state index contributed by atoms with van der Waals surface area (Å²) < 4.78 is 38.7. The molecular formula is C14H25NO5SSi. The maximum atomic E-state index is 11.3. The standard InChI is InChI=1S/C14H25NO5SSi/c1-14(2,3)22(6,7)19-10-11-8-12(20-21(5,16)17)13(18-4)9-15-11/h8-9H,10H2,1-7H3. The van der Waals surface area contributed by atoms with Gasteiger partial charge in [-0.2, -0.15) is 8.42 Å². The van der Waals surface area contributed by atoms with Gasteiger partial charge >= 0.3 is 10.1 Å². The maximum Gasteiger partial charge on any atom is 0.306 e. The molecule has 0 aliphatic carbocycles. The Bertz CT molecular complexity index is 623. The minimum atomic E-state index is -3.63. The summed E-state index contributed by atoms with van der Waals surface area (Å²) in [6.45, 7) is 11.0. The SMILES string of the molecule is COc1cnc(CO[Si](C)(C)C(C)(C)C)cc1OS(C)(=O)=O. The fourth-order valence-corrected chi connectivity index (χ4v) is 2.79. The fourth-order valence-electron chi connectivity index (χ4n) is 1.40. The number of ether oxygens (including phenoxy) is 1. The van der Waals surface area contributed by atoms with E-state index in [1.165, 1.54) is 19.4 Å². The van der Waals surface area contributed by atoms with E-state index < -0.39 is 18.4 Å². The van der Waals surface area contributed by atoms with E-state index in [0.29, 0.717) is 12.3 Å². The van der Waals surface area contributed by atoms with Gasteiger partial charge in [0.05, 0.1) is 31.9 Å². The second-order valence-electron chi connectivity index (χ2n) is 6.66. The van der Waals surface area contributed by atoms with Crippen LogP contribution in [0, 0.1) is 0 Å². The molecule has 0 atom stereocenters. The van der Waals surface area contributed by atoms with Crippen molar-refractivity contribution in [3.05, 3.63) is 18.0 Å². The molecule has 22 heavy (non-hydrogen) atoms. The smallest absolute Gasteiger partial charge is 0.306 e. The highest BCUT2D eigenvalue weighted by Gasteiger charge is 2.37. The first-order valence-electron chi connectivity index (χ1n) is 6.92. The molecule has 126 valence electrons. The summed E-state index contributed by atoms with van der Waals surface area (Å²) in [5, 5.41) is 0.0888. The molecule has 0 aliphatic heterocycles. The molecule has 0 aliphatic rings. The summed E-state index contributed by atoms with van der Waals surface area (Å²) in [5.74, 6) is 0.385. The Morgan fingerprint density at radius 2 is 1.82 bits per heavy atom. The van der Waals surface area contributed by atoms with Crippen LogP contribution >= 0.6 is 0 Å². The zero-order valence-electron chi connectivity index (χ0n) is 14.3. The van der Waals surface area contributed by atoms with E-state index in [4.69, 9.17) is 13.3 Å². The summed E-state index contributed by atoms with van der Waals surface area (Å²) in [4.78, 5) is 4.22. The van der Waals surface area contributed by atoms with Crippen molar-refractivity contribution in [3.8, 4) is 11.5 Å². The molecule has 0 fully saturated rings. The second kappa shape index (κ2) is 6.55. The molecule has 0 spiro atoms. The number of pyridine rings is 1. The Balaban J connectivity index is 2.96. The highest BCUT2D eigenvalue weighted by Crippen LogP contribution is 2.37. The molecule has 0 saturated heterocycles. The Labute approximate surface area is 134 Å². The van der Waals surface area contributed by atoms with Gasteiger partial charge in [-0.3, -0.25) is 4.98 Å². The van der Waals surface area contributed by atoms with E-state index in [1.807, 2.05) is 0 Å². The molecule has 1 aromatic heterocycles. The van der Waals surface area contributed by atoms with Crippen LogP contribution in [0.1, 0.15) is 26.5 Å². The van der Waals surface area contributed by atoms with E-state index in [2.05, 4.69) is 38.8 Å². The summed E-state index contributed by atoms with van der Waals surface area (Å²) in [5.41, 5.74) is 0.601. The number of aromatic nitrogens is 1. The predicted octanol–water partition coefficient (Wildman–Crippen LogP) is 2.95. The van der Waals surface area contributed by atoms with E-state index in [9.17, 15) is 8.42 Å². The minimum absolute atomic E-state index is 0.0888. The first kappa shape index (κ1) is 18.9. The molecule has 0 unspecified atom stereocenters. The lowest BCUT2D eigenvalue weighted by Crippen LogP contribution is -2.40. The van der Waals surface area contributed by atoms with Crippen molar-refractivity contribution in [1.82, 2.24) is 4.98 Å². The number of methoxy groups -OCH3 is 1. The highest BCUT2D eigenvalue weighted by atomic mass is 32.2. The molecular weight excluding hydrogens is 322 g/mol. The number of hydrogen-bond acceptors (Lipinski definition) is 6. The minimum Gasteiger partial charge on any atom is -0.491 e. The van der Waals surface area contributed by atoms with Gasteiger partial charge in [0.2, 0.25) is 0 Å². The van der Waals surface area contributed by atoms with Gasteiger partial charge in [-0.25, -0.2) is 0 Å². The second-order valence-corrected chi connectivity index (χ2v) is 13.0. The largest absolute Gasteiger partial charge is 0.491 e. The third kappa shape index (κ3) is 5.26. The summed E-state index contributed by atoms with van der Waals surface area (Å²) in [6, 6.07) is 1.53. The highest BCUT2D eigenvalue weighted by molar-refractivity contribution is 7.86. The van der Waals surface area contributed by atoms with E-state index in [-0.39, 0.29) is 16.5 Å². The van der Waals surface area contributed by atoms with E-state index >= 15 is 0 Å². The van der Waals surface area contributed by atoms with Crippen LogP contribution in [0.2, 0.25) is 18.1 Å². The van der Waals surface area contributed by atoms with Gasteiger partial charge in [-0.1, -0.05) is 20.8 Å². The normalized spacial score (nSPS) is 13.0. The van der Waals surface area contributed by atoms with Crippen LogP contribution in [0.5, 0.6) is 11.5 Å². The van der Waals surface area contributed by atoms with Gasteiger partial charge < -0.3 is 13.3 Å². The average Bonchev–Trinajstić information content (AvgIpc) is 2.33. The lowest BCUT2D eigenvalue weighted by Gasteiger charge is -2.36. The molecule has 1 aromatic rings. The molecule has 8 heteroatoms. The topological polar surface area (TPSA) is 74.7 Å². The van der Waals surface area contributed by atoms with Gasteiger partial charge in [0.25, 0.3) is 0 Å². The lowest BCUT2D eigenvalue weighted by atomic mass is 10.2. The third-order valence-electron chi connectivity index (χ3n) is 3.74. The molecule has 0 aromatic carbocycles. The van der Waals surface area contributed by atoms with Crippen LogP contribution in [0.3, 0.4) is 0 Å². The first-order chi connectivity index (χ1) is 9.86. The summed E-state index contributed by atoms with van der Waals surface area (Å²) >= 11 is 0. The molecule has 0 bridgehead atoms. The summed E-state index contributed by atoms with van der Waals surface area (Å²) in [6.07, 6.45) is 2.42. The Morgan fingerprint density at radius 1 is 1.23 bits per heavy atom. The van der Waals surface area contributed by atoms with Crippen molar-refractivity contribution in [2.75, 3.05) is 13.4 Å². The van der Waals surface area contributed by atoms with Crippen molar-refractivity contribution in [3.63, 3.8) is 0 Å². The number of nitrogens with zero attached hydrogens (tertiary/aromatic N) is 1. The van der Waals surface area contributed by atoms with Crippen molar-refractivity contribution in [1.29, 1.82) is 0 Å². The zero-order valence-corrected chi connectivity index (χ0v) is 16.1. The Kier molecular flexibility index (Phi) is 5.64. The van der Waals surface area contributed by atoms with Gasteiger partial charge in [0, 0.05) is 6.07 Å². The monoisotopic (exact) mass is 347 g/mol. The molecule has 1 rings (SSSR count). The van der Waals surface area contributed by atoms with Crippen LogP contribution in [0.4, 0.5) is 0 Å². The third-order valence-corrected chi connectivity index (χ3v) is 8.70. The lowest BCUT2D eigenvalue weighted by molar-refractivity contribution is 0.271. The van der Waals surface area contributed by atoms with Crippen molar-refractivity contribution >= 4 is 18.4 Å². The Morgan fingerprint density at radius 3 is 2.27 bits per heavy atom. The molecule has 0 N–H and O–H groups in total. The fraction of sp³-hybridized carbons (Fsp3) is 0.643. The van der Waals surface area contributed by atoms with Crippen molar-refractivity contribution in [2.24, 2.45) is 0 Å². The van der Waals surface area contributed by atoms with Gasteiger partial charge in [-0.05, 0) is 18.1 Å². The molecule has 0 amide bonds. The number of hydrogen-bond donors (Lipinski definition) is 0. The zero-order chi connectivity index (χ0) is 17.2. The van der Waals surface area contributed by atoms with Crippen LogP contribution in [0.15, 0.2) is 12.3 Å². The van der Waals surface area contributed by atoms with Gasteiger partial charge in [0.15, 0.2) is 19.8 Å². The molecule has 0 saturated carbocycles. The first-order valence-corrected chi connectivity index (χ1v) is 11.6. The summed E-state index contributed by atoms with van der Waals surface area (Å²) in [7, 11) is -4.11. The van der Waals surface area contributed by atoms with Crippen LogP contribution < -0.4 is 8.92 Å². The molecule has 0 radical (unpaired) electrons. The Hall–Kier alpha value is -1.12. The van der Waals surface area contributed by atoms with Crippen LogP contribution in [-0.4, -0.2) is 35.1 Å². The van der Waals surface area contributed by atoms with Gasteiger partial charge in [0.1, 0.15) is 0 Å². The van der Waals surface area contributed by atoms with E-state index in [1.54, 1.807) is 0 Å². The maximum absolute atomic E-state index is 11.3. The van der Waals surface area contributed by atoms with Crippen LogP contribution in [0.25, 0.3) is 0 Å². The van der Waals surface area contributed by atoms with Gasteiger partial charge in [-0.15, -0.1) is 0 Å². The van der Waals surface area contributed by atoms with E-state index in [0.717, 1.165) is 6.26 Å². The predicted molar refractivity (Wildman–Crippen MR) is 88.2 cm³/mol. The quantitative estimate of drug-likeness (QED) is 0.582. The van der Waals surface area contributed by atoms with Crippen LogP contribution in [-0.2, 0) is 21.2 Å². The average molecular weight is 348 g/mol. The molecule has 6 nitrogen and oxygen atoms in total. The van der Waals surface area contributed by atoms with Crippen molar-refractivity contribution < 1.29 is 21.8 Å². The van der Waals surface area contributed by atoms with Crippen molar-refractivity contribution in [2.45, 2.75) is 45.5 Å².